The lowest BCUT2D eigenvalue weighted by Gasteiger charge is -2.22. The van der Waals surface area contributed by atoms with Crippen molar-refractivity contribution in [1.82, 2.24) is 5.32 Å². The van der Waals surface area contributed by atoms with Crippen LogP contribution in [0.1, 0.15) is 45.7 Å². The van der Waals surface area contributed by atoms with Crippen LogP contribution in [0.25, 0.3) is 0 Å². The maximum Gasteiger partial charge on any atom is 0.316 e. The van der Waals surface area contributed by atoms with E-state index in [4.69, 9.17) is 5.21 Å². The molecule has 1 aromatic rings. The molecule has 0 radical (unpaired) electrons. The van der Waals surface area contributed by atoms with Gasteiger partial charge >= 0.3 is 5.69 Å². The number of rotatable bonds is 5. The molecule has 0 bridgehead atoms. The Balaban J connectivity index is 2.98. The fourth-order valence-electron chi connectivity index (χ4n) is 1.89. The van der Waals surface area contributed by atoms with Crippen LogP contribution in [0.3, 0.4) is 0 Å². The molecular weight excluding hydrogens is 240 g/mol. The largest absolute Gasteiger partial charge is 0.316 e. The van der Waals surface area contributed by atoms with Crippen LogP contribution in [0.15, 0.2) is 18.2 Å². The zero-order valence-electron chi connectivity index (χ0n) is 12.5. The zero-order valence-corrected chi connectivity index (χ0v) is 12.5. The van der Waals surface area contributed by atoms with Crippen LogP contribution in [-0.2, 0) is 13.0 Å². The summed E-state index contributed by atoms with van der Waals surface area (Å²) in [7, 11) is 0. The first kappa shape index (κ1) is 15.6. The third kappa shape index (κ3) is 5.39. The van der Waals surface area contributed by atoms with E-state index >= 15 is 0 Å². The first-order chi connectivity index (χ1) is 8.69. The molecule has 106 valence electrons. The Labute approximate surface area is 115 Å². The van der Waals surface area contributed by atoms with Gasteiger partial charge in [0.25, 0.3) is 4.92 Å². The molecular formula is C15H25N2O2+. The molecule has 0 aromatic heterocycles. The van der Waals surface area contributed by atoms with E-state index in [0.717, 1.165) is 18.5 Å². The third-order valence-electron chi connectivity index (χ3n) is 2.85. The molecule has 0 amide bonds. The first-order valence-electron chi connectivity index (χ1n) is 6.72. The minimum atomic E-state index is -0.0786. The van der Waals surface area contributed by atoms with Gasteiger partial charge in [0.1, 0.15) is 0 Å². The lowest BCUT2D eigenvalue weighted by Crippen LogP contribution is -2.35. The quantitative estimate of drug-likeness (QED) is 0.800. The highest BCUT2D eigenvalue weighted by Gasteiger charge is 2.16. The van der Waals surface area contributed by atoms with Gasteiger partial charge in [0, 0.05) is 24.2 Å². The van der Waals surface area contributed by atoms with Gasteiger partial charge in [-0.3, -0.25) is 0 Å². The molecule has 0 atom stereocenters. The average molecular weight is 265 g/mol. The van der Waals surface area contributed by atoms with E-state index in [2.05, 4.69) is 39.9 Å². The summed E-state index contributed by atoms with van der Waals surface area (Å²) in [5.41, 5.74) is 2.62. The molecule has 4 heteroatoms. The van der Waals surface area contributed by atoms with Crippen LogP contribution >= 0.6 is 0 Å². The molecule has 0 spiro atoms. The van der Waals surface area contributed by atoms with Gasteiger partial charge in [-0.2, -0.15) is 0 Å². The number of benzene rings is 1. The molecule has 2 N–H and O–H groups in total. The van der Waals surface area contributed by atoms with Crippen molar-refractivity contribution in [3.05, 3.63) is 34.2 Å². The van der Waals surface area contributed by atoms with Gasteiger partial charge < -0.3 is 5.32 Å². The molecule has 0 fully saturated rings. The molecule has 0 saturated heterocycles. The van der Waals surface area contributed by atoms with Gasteiger partial charge in [0.15, 0.2) is 0 Å². The summed E-state index contributed by atoms with van der Waals surface area (Å²) in [6.45, 7) is 11.4. The van der Waals surface area contributed by atoms with Crippen LogP contribution in [-0.4, -0.2) is 15.7 Å². The lowest BCUT2D eigenvalue weighted by molar-refractivity contribution is -0.729. The SMILES string of the molecule is CC(C)Cc1cc([N+](=O)O)ccc1CNC(C)(C)C. The molecule has 19 heavy (non-hydrogen) atoms. The molecule has 0 heterocycles. The summed E-state index contributed by atoms with van der Waals surface area (Å²) >= 11 is 0. The van der Waals surface area contributed by atoms with E-state index in [-0.39, 0.29) is 16.1 Å². The highest BCUT2D eigenvalue weighted by molar-refractivity contribution is 5.39. The smallest absolute Gasteiger partial charge is 0.308 e. The van der Waals surface area contributed by atoms with E-state index in [9.17, 15) is 4.91 Å². The summed E-state index contributed by atoms with van der Waals surface area (Å²) in [5, 5.41) is 12.4. The molecule has 0 aliphatic heterocycles. The lowest BCUT2D eigenvalue weighted by atomic mass is 9.96. The Hall–Kier alpha value is -1.42. The maximum atomic E-state index is 11.0. The standard InChI is InChI=1S/C15H25N2O2/c1-11(2)8-13-9-14(17(18)19)7-6-12(13)10-16-15(3,4)5/h6-7,9,11,16H,8,10H2,1-5H3,(H,18,19)/q+1. The van der Waals surface area contributed by atoms with Gasteiger partial charge in [-0.05, 0) is 44.2 Å². The number of nitrogens with zero attached hydrogens (tertiary/aromatic N) is 1. The van der Waals surface area contributed by atoms with Crippen LogP contribution in [0.2, 0.25) is 0 Å². The Bertz CT molecular complexity index is 448. The molecule has 0 aliphatic rings. The highest BCUT2D eigenvalue weighted by atomic mass is 16.6. The van der Waals surface area contributed by atoms with E-state index < -0.39 is 0 Å². The minimum Gasteiger partial charge on any atom is -0.308 e. The first-order valence-corrected chi connectivity index (χ1v) is 6.72. The van der Waals surface area contributed by atoms with Crippen LogP contribution in [0.4, 0.5) is 5.69 Å². The van der Waals surface area contributed by atoms with E-state index in [0.29, 0.717) is 5.92 Å². The van der Waals surface area contributed by atoms with E-state index in [1.807, 2.05) is 6.07 Å². The molecule has 1 aromatic carbocycles. The Morgan fingerprint density at radius 3 is 2.37 bits per heavy atom. The summed E-state index contributed by atoms with van der Waals surface area (Å²) in [4.78, 5) is 10.9. The monoisotopic (exact) mass is 265 g/mol. The molecule has 0 aliphatic carbocycles. The van der Waals surface area contributed by atoms with Crippen molar-refractivity contribution >= 4 is 5.69 Å². The van der Waals surface area contributed by atoms with Gasteiger partial charge in [-0.25, -0.2) is 5.21 Å². The Kier molecular flexibility index (Phi) is 5.06. The van der Waals surface area contributed by atoms with Crippen molar-refractivity contribution in [1.29, 1.82) is 0 Å². The second-order valence-corrected chi connectivity index (χ2v) is 6.43. The molecule has 4 nitrogen and oxygen atoms in total. The molecule has 0 unspecified atom stereocenters. The number of nitrogens with one attached hydrogen (secondary N) is 1. The van der Waals surface area contributed by atoms with Crippen LogP contribution in [0, 0.1) is 10.8 Å². The fourth-order valence-corrected chi connectivity index (χ4v) is 1.89. The normalized spacial score (nSPS) is 11.9. The predicted octanol–water partition coefficient (Wildman–Crippen LogP) is 3.57. The summed E-state index contributed by atoms with van der Waals surface area (Å²) in [5.74, 6) is 0.502. The number of hydrogen-bond acceptors (Lipinski definition) is 2. The summed E-state index contributed by atoms with van der Waals surface area (Å²) < 4.78 is 0. The van der Waals surface area contributed by atoms with Gasteiger partial charge in [-0.15, -0.1) is 0 Å². The average Bonchev–Trinajstić information content (AvgIpc) is 2.25. The highest BCUT2D eigenvalue weighted by Crippen LogP contribution is 2.21. The van der Waals surface area contributed by atoms with Gasteiger partial charge in [0.05, 0.1) is 4.91 Å². The topological polar surface area (TPSA) is 52.3 Å². The van der Waals surface area contributed by atoms with Gasteiger partial charge in [-0.1, -0.05) is 19.9 Å². The van der Waals surface area contributed by atoms with Crippen molar-refractivity contribution < 1.29 is 10.1 Å². The second-order valence-electron chi connectivity index (χ2n) is 6.43. The molecule has 0 saturated carbocycles. The predicted molar refractivity (Wildman–Crippen MR) is 76.7 cm³/mol. The minimum absolute atomic E-state index is 0.0509. The van der Waals surface area contributed by atoms with Crippen molar-refractivity contribution in [2.75, 3.05) is 0 Å². The van der Waals surface area contributed by atoms with Crippen molar-refractivity contribution in [2.45, 2.75) is 53.1 Å². The second kappa shape index (κ2) is 6.15. The molecule has 1 rings (SSSR count). The Morgan fingerprint density at radius 2 is 1.89 bits per heavy atom. The van der Waals surface area contributed by atoms with Crippen LogP contribution < -0.4 is 5.32 Å². The van der Waals surface area contributed by atoms with Crippen molar-refractivity contribution in [3.63, 3.8) is 0 Å². The van der Waals surface area contributed by atoms with Crippen molar-refractivity contribution in [2.24, 2.45) is 5.92 Å². The fraction of sp³-hybridized carbons (Fsp3) is 0.600. The third-order valence-corrected chi connectivity index (χ3v) is 2.85. The van der Waals surface area contributed by atoms with Crippen LogP contribution in [0.5, 0.6) is 0 Å². The summed E-state index contributed by atoms with van der Waals surface area (Å²) in [6, 6.07) is 5.33. The Morgan fingerprint density at radius 1 is 1.26 bits per heavy atom. The maximum absolute atomic E-state index is 11.0. The summed E-state index contributed by atoms with van der Waals surface area (Å²) in [6.07, 6.45) is 0.892. The van der Waals surface area contributed by atoms with E-state index in [1.54, 1.807) is 12.1 Å². The van der Waals surface area contributed by atoms with Crippen molar-refractivity contribution in [3.8, 4) is 0 Å². The number of hydrogen-bond donors (Lipinski definition) is 2. The van der Waals surface area contributed by atoms with E-state index in [1.165, 1.54) is 5.56 Å². The van der Waals surface area contributed by atoms with Gasteiger partial charge in [0.2, 0.25) is 0 Å². The zero-order chi connectivity index (χ0) is 14.6.